The van der Waals surface area contributed by atoms with Crippen LogP contribution in [0.25, 0.3) is 22.6 Å². The molecule has 0 radical (unpaired) electrons. The minimum Gasteiger partial charge on any atom is -0.335 e. The van der Waals surface area contributed by atoms with Crippen LogP contribution in [0.1, 0.15) is 5.82 Å². The maximum atomic E-state index is 5.25. The van der Waals surface area contributed by atoms with Gasteiger partial charge < -0.3 is 4.98 Å². The molecule has 0 spiro atoms. The Kier molecular flexibility index (Phi) is 2.09. The highest BCUT2D eigenvalue weighted by molar-refractivity contribution is 5.75. The van der Waals surface area contributed by atoms with Crippen molar-refractivity contribution < 1.29 is 0 Å². The zero-order valence-corrected chi connectivity index (χ0v) is 8.88. The lowest BCUT2D eigenvalue weighted by molar-refractivity contribution is 1.16. The van der Waals surface area contributed by atoms with Crippen LogP contribution in [0, 0.1) is 12.3 Å². The number of fused-ring (bicyclic) bond motifs is 1. The van der Waals surface area contributed by atoms with Crippen molar-refractivity contribution in [3.8, 4) is 23.7 Å². The SMILES string of the molecule is C#Cc1ncc2[nH]c(-c3ccccc3)nc2n1. The third kappa shape index (κ3) is 1.64. The molecule has 80 valence electrons. The van der Waals surface area contributed by atoms with Crippen molar-refractivity contribution in [3.05, 3.63) is 42.4 Å². The van der Waals surface area contributed by atoms with E-state index in [9.17, 15) is 0 Å². The Balaban J connectivity index is 2.18. The second kappa shape index (κ2) is 3.72. The van der Waals surface area contributed by atoms with Crippen LogP contribution in [0.3, 0.4) is 0 Å². The second-order valence-electron chi connectivity index (χ2n) is 3.53. The van der Waals surface area contributed by atoms with Crippen LogP contribution in [0.4, 0.5) is 0 Å². The number of aromatic amines is 1. The molecule has 17 heavy (non-hydrogen) atoms. The summed E-state index contributed by atoms with van der Waals surface area (Å²) in [5.41, 5.74) is 2.38. The first-order valence-corrected chi connectivity index (χ1v) is 5.11. The van der Waals surface area contributed by atoms with Gasteiger partial charge in [-0.05, 0) is 5.92 Å². The number of benzene rings is 1. The van der Waals surface area contributed by atoms with E-state index in [0.29, 0.717) is 11.5 Å². The zero-order chi connectivity index (χ0) is 11.7. The van der Waals surface area contributed by atoms with E-state index >= 15 is 0 Å². The van der Waals surface area contributed by atoms with Crippen LogP contribution >= 0.6 is 0 Å². The van der Waals surface area contributed by atoms with E-state index in [-0.39, 0.29) is 0 Å². The second-order valence-corrected chi connectivity index (χ2v) is 3.53. The monoisotopic (exact) mass is 220 g/mol. The van der Waals surface area contributed by atoms with E-state index in [1.165, 1.54) is 0 Å². The quantitative estimate of drug-likeness (QED) is 0.638. The van der Waals surface area contributed by atoms with Crippen molar-refractivity contribution >= 4 is 11.2 Å². The van der Waals surface area contributed by atoms with Gasteiger partial charge in [0, 0.05) is 5.56 Å². The van der Waals surface area contributed by atoms with E-state index in [0.717, 1.165) is 16.9 Å². The number of hydrogen-bond acceptors (Lipinski definition) is 3. The summed E-state index contributed by atoms with van der Waals surface area (Å²) in [6.45, 7) is 0. The van der Waals surface area contributed by atoms with Gasteiger partial charge in [-0.2, -0.15) is 4.98 Å². The summed E-state index contributed by atoms with van der Waals surface area (Å²) < 4.78 is 0. The molecule has 0 aliphatic rings. The molecule has 1 aromatic carbocycles. The summed E-state index contributed by atoms with van der Waals surface area (Å²) in [6.07, 6.45) is 6.90. The number of nitrogens with zero attached hydrogens (tertiary/aromatic N) is 3. The molecule has 0 saturated carbocycles. The molecule has 3 rings (SSSR count). The highest BCUT2D eigenvalue weighted by atomic mass is 15.0. The maximum absolute atomic E-state index is 5.25. The maximum Gasteiger partial charge on any atom is 0.206 e. The van der Waals surface area contributed by atoms with Gasteiger partial charge >= 0.3 is 0 Å². The molecule has 1 N–H and O–H groups in total. The average molecular weight is 220 g/mol. The lowest BCUT2D eigenvalue weighted by Crippen LogP contribution is -1.87. The summed E-state index contributed by atoms with van der Waals surface area (Å²) in [4.78, 5) is 15.7. The minimum absolute atomic E-state index is 0.351. The van der Waals surface area contributed by atoms with Crippen molar-refractivity contribution in [2.24, 2.45) is 0 Å². The van der Waals surface area contributed by atoms with Crippen LogP contribution in [0.15, 0.2) is 36.5 Å². The number of H-pyrrole nitrogens is 1. The predicted molar refractivity (Wildman–Crippen MR) is 65.1 cm³/mol. The Bertz CT molecular complexity index is 707. The Morgan fingerprint density at radius 1 is 1.12 bits per heavy atom. The summed E-state index contributed by atoms with van der Waals surface area (Å²) in [5, 5.41) is 0. The summed E-state index contributed by atoms with van der Waals surface area (Å²) in [7, 11) is 0. The molecule has 4 heteroatoms. The number of nitrogens with one attached hydrogen (secondary N) is 1. The van der Waals surface area contributed by atoms with Gasteiger partial charge in [0.1, 0.15) is 11.3 Å². The summed E-state index contributed by atoms with van der Waals surface area (Å²) in [6, 6.07) is 9.84. The Labute approximate surface area is 97.8 Å². The van der Waals surface area contributed by atoms with E-state index in [1.54, 1.807) is 6.20 Å². The van der Waals surface area contributed by atoms with Crippen molar-refractivity contribution in [2.75, 3.05) is 0 Å². The first kappa shape index (κ1) is 9.55. The van der Waals surface area contributed by atoms with Crippen LogP contribution < -0.4 is 0 Å². The minimum atomic E-state index is 0.351. The van der Waals surface area contributed by atoms with Crippen LogP contribution in [0.2, 0.25) is 0 Å². The largest absolute Gasteiger partial charge is 0.335 e. The number of rotatable bonds is 1. The van der Waals surface area contributed by atoms with E-state index in [2.05, 4.69) is 25.9 Å². The van der Waals surface area contributed by atoms with Gasteiger partial charge in [-0.3, -0.25) is 0 Å². The molecule has 0 amide bonds. The topological polar surface area (TPSA) is 54.5 Å². The fraction of sp³-hybridized carbons (Fsp3) is 0. The molecule has 3 aromatic rings. The Morgan fingerprint density at radius 2 is 1.94 bits per heavy atom. The molecule has 0 saturated heterocycles. The molecule has 0 atom stereocenters. The molecule has 2 aromatic heterocycles. The van der Waals surface area contributed by atoms with Gasteiger partial charge in [-0.25, -0.2) is 9.97 Å². The number of imidazole rings is 1. The first-order valence-electron chi connectivity index (χ1n) is 5.11. The lowest BCUT2D eigenvalue weighted by Gasteiger charge is -1.92. The number of aromatic nitrogens is 4. The zero-order valence-electron chi connectivity index (χ0n) is 8.88. The van der Waals surface area contributed by atoms with E-state index in [1.807, 2.05) is 30.3 Å². The van der Waals surface area contributed by atoms with Crippen molar-refractivity contribution in [1.82, 2.24) is 19.9 Å². The Hall–Kier alpha value is -2.67. The Morgan fingerprint density at radius 3 is 2.71 bits per heavy atom. The third-order valence-electron chi connectivity index (χ3n) is 2.42. The van der Waals surface area contributed by atoms with Crippen LogP contribution in [-0.4, -0.2) is 19.9 Å². The lowest BCUT2D eigenvalue weighted by atomic mass is 10.2. The van der Waals surface area contributed by atoms with Crippen molar-refractivity contribution in [3.63, 3.8) is 0 Å². The molecular weight excluding hydrogens is 212 g/mol. The smallest absolute Gasteiger partial charge is 0.206 e. The van der Waals surface area contributed by atoms with Crippen LogP contribution in [0.5, 0.6) is 0 Å². The molecular formula is C13H8N4. The molecule has 0 bridgehead atoms. The van der Waals surface area contributed by atoms with Gasteiger partial charge in [0.25, 0.3) is 0 Å². The van der Waals surface area contributed by atoms with Gasteiger partial charge in [-0.15, -0.1) is 6.42 Å². The third-order valence-corrected chi connectivity index (χ3v) is 2.42. The van der Waals surface area contributed by atoms with Crippen LogP contribution in [-0.2, 0) is 0 Å². The van der Waals surface area contributed by atoms with Gasteiger partial charge in [-0.1, -0.05) is 30.3 Å². The first-order chi connectivity index (χ1) is 8.36. The molecule has 0 fully saturated rings. The fourth-order valence-corrected chi connectivity index (χ4v) is 1.61. The highest BCUT2D eigenvalue weighted by Crippen LogP contribution is 2.18. The highest BCUT2D eigenvalue weighted by Gasteiger charge is 2.06. The normalized spacial score (nSPS) is 10.3. The summed E-state index contributed by atoms with van der Waals surface area (Å²) in [5.74, 6) is 3.51. The summed E-state index contributed by atoms with van der Waals surface area (Å²) >= 11 is 0. The van der Waals surface area contributed by atoms with Gasteiger partial charge in [0.05, 0.1) is 6.20 Å². The average Bonchev–Trinajstić information content (AvgIpc) is 2.82. The molecule has 0 unspecified atom stereocenters. The number of hydrogen-bond donors (Lipinski definition) is 1. The standard InChI is InChI=1S/C13H8N4/c1-2-11-14-8-10-13(16-11)17-12(15-10)9-6-4-3-5-7-9/h1,3-8H,(H,14,15,16,17). The van der Waals surface area contributed by atoms with Gasteiger partial charge in [0.2, 0.25) is 5.82 Å². The fourth-order valence-electron chi connectivity index (χ4n) is 1.61. The molecule has 0 aliphatic heterocycles. The number of terminal acetylenes is 1. The van der Waals surface area contributed by atoms with Crippen molar-refractivity contribution in [1.29, 1.82) is 0 Å². The molecule has 0 aliphatic carbocycles. The van der Waals surface area contributed by atoms with Crippen molar-refractivity contribution in [2.45, 2.75) is 0 Å². The van der Waals surface area contributed by atoms with E-state index in [4.69, 9.17) is 6.42 Å². The molecule has 4 nitrogen and oxygen atoms in total. The molecule has 2 heterocycles. The van der Waals surface area contributed by atoms with Gasteiger partial charge in [0.15, 0.2) is 5.65 Å². The predicted octanol–water partition coefficient (Wildman–Crippen LogP) is 2.00. The van der Waals surface area contributed by atoms with E-state index < -0.39 is 0 Å².